The van der Waals surface area contributed by atoms with Gasteiger partial charge in [0.25, 0.3) is 5.91 Å². The van der Waals surface area contributed by atoms with Crippen molar-refractivity contribution in [1.82, 2.24) is 4.90 Å². The van der Waals surface area contributed by atoms with E-state index in [4.69, 9.17) is 0 Å². The third-order valence-electron chi connectivity index (χ3n) is 4.39. The Morgan fingerprint density at radius 3 is 2.78 bits per heavy atom. The molecule has 2 aliphatic rings. The summed E-state index contributed by atoms with van der Waals surface area (Å²) in [5.41, 5.74) is 0.449. The number of carbonyl (C=O) groups is 1. The summed E-state index contributed by atoms with van der Waals surface area (Å²) in [4.78, 5) is 14.5. The van der Waals surface area contributed by atoms with E-state index >= 15 is 0 Å². The summed E-state index contributed by atoms with van der Waals surface area (Å²) < 4.78 is 0. The summed E-state index contributed by atoms with van der Waals surface area (Å²) in [7, 11) is 0. The predicted molar refractivity (Wildman–Crippen MR) is 69.5 cm³/mol. The van der Waals surface area contributed by atoms with Crippen LogP contribution < -0.4 is 0 Å². The molecule has 0 aromatic heterocycles. The first kappa shape index (κ1) is 11.6. The van der Waals surface area contributed by atoms with Gasteiger partial charge in [-0.05, 0) is 43.7 Å². The number of nitrogens with zero attached hydrogens (tertiary/aromatic N) is 1. The summed E-state index contributed by atoms with van der Waals surface area (Å²) >= 11 is 0. The highest BCUT2D eigenvalue weighted by molar-refractivity contribution is 5.97. The van der Waals surface area contributed by atoms with Crippen LogP contribution in [0.25, 0.3) is 0 Å². The van der Waals surface area contributed by atoms with Gasteiger partial charge >= 0.3 is 0 Å². The van der Waals surface area contributed by atoms with Crippen molar-refractivity contribution in [2.24, 2.45) is 5.92 Å². The van der Waals surface area contributed by atoms with Gasteiger partial charge in [-0.1, -0.05) is 18.6 Å². The molecule has 1 aromatic carbocycles. The van der Waals surface area contributed by atoms with Crippen LogP contribution in [0.4, 0.5) is 0 Å². The number of carbonyl (C=O) groups excluding carboxylic acids is 1. The highest BCUT2D eigenvalue weighted by Gasteiger charge is 2.37. The molecule has 2 atom stereocenters. The molecule has 96 valence electrons. The van der Waals surface area contributed by atoms with Gasteiger partial charge in [0, 0.05) is 12.6 Å². The molecule has 0 radical (unpaired) electrons. The lowest BCUT2D eigenvalue weighted by atomic mass is 9.91. The van der Waals surface area contributed by atoms with E-state index in [-0.39, 0.29) is 11.7 Å². The van der Waals surface area contributed by atoms with Crippen molar-refractivity contribution in [2.45, 2.75) is 38.1 Å². The van der Waals surface area contributed by atoms with Crippen LogP contribution in [0.2, 0.25) is 0 Å². The first-order valence-electron chi connectivity index (χ1n) is 6.86. The molecule has 1 aromatic rings. The maximum atomic E-state index is 12.5. The second kappa shape index (κ2) is 4.63. The van der Waals surface area contributed by atoms with Crippen LogP contribution in [0.5, 0.6) is 5.75 Å². The van der Waals surface area contributed by atoms with Gasteiger partial charge < -0.3 is 10.0 Å². The number of phenolic OH excluding ortho intramolecular Hbond substituents is 1. The van der Waals surface area contributed by atoms with Crippen LogP contribution in [0, 0.1) is 5.92 Å². The lowest BCUT2D eigenvalue weighted by molar-refractivity contribution is 0.0545. The second-order valence-electron chi connectivity index (χ2n) is 5.42. The first-order chi connectivity index (χ1) is 8.77. The zero-order chi connectivity index (χ0) is 12.5. The molecule has 0 spiro atoms. The van der Waals surface area contributed by atoms with Gasteiger partial charge in [0.15, 0.2) is 0 Å². The summed E-state index contributed by atoms with van der Waals surface area (Å²) in [5.74, 6) is 0.792. The number of hydrogen-bond donors (Lipinski definition) is 1. The Hall–Kier alpha value is -1.51. The number of para-hydroxylation sites is 1. The minimum atomic E-state index is 0.00435. The molecule has 1 heterocycles. The van der Waals surface area contributed by atoms with Gasteiger partial charge in [-0.15, -0.1) is 0 Å². The van der Waals surface area contributed by atoms with Crippen LogP contribution in [0.3, 0.4) is 0 Å². The van der Waals surface area contributed by atoms with Crippen LogP contribution in [-0.2, 0) is 0 Å². The molecule has 3 heteroatoms. The molecule has 1 saturated heterocycles. The number of phenols is 1. The molecule has 1 N–H and O–H groups in total. The molecule has 18 heavy (non-hydrogen) atoms. The van der Waals surface area contributed by atoms with E-state index in [9.17, 15) is 9.90 Å². The van der Waals surface area contributed by atoms with Crippen LogP contribution in [0.1, 0.15) is 42.5 Å². The Morgan fingerprint density at radius 1 is 1.17 bits per heavy atom. The number of rotatable bonds is 1. The minimum absolute atomic E-state index is 0.00435. The second-order valence-corrected chi connectivity index (χ2v) is 5.42. The number of fused-ring (bicyclic) bond motifs is 1. The number of benzene rings is 1. The SMILES string of the molecule is O=C(c1ccccc1O)N1CCCC2CCCC21. The van der Waals surface area contributed by atoms with Gasteiger partial charge in [-0.25, -0.2) is 0 Å². The number of piperidine rings is 1. The molecule has 2 unspecified atom stereocenters. The summed E-state index contributed by atoms with van der Waals surface area (Å²) in [6.07, 6.45) is 5.98. The Bertz CT molecular complexity index is 458. The summed E-state index contributed by atoms with van der Waals surface area (Å²) in [6.45, 7) is 0.842. The number of likely N-dealkylation sites (tertiary alicyclic amines) is 1. The number of aromatic hydroxyl groups is 1. The number of amides is 1. The minimum Gasteiger partial charge on any atom is -0.507 e. The van der Waals surface area contributed by atoms with Gasteiger partial charge in [-0.2, -0.15) is 0 Å². The van der Waals surface area contributed by atoms with Crippen molar-refractivity contribution in [1.29, 1.82) is 0 Å². The Kier molecular flexibility index (Phi) is 2.98. The van der Waals surface area contributed by atoms with Crippen molar-refractivity contribution >= 4 is 5.91 Å². The lowest BCUT2D eigenvalue weighted by Gasteiger charge is -2.37. The monoisotopic (exact) mass is 245 g/mol. The molecule has 2 fully saturated rings. The van der Waals surface area contributed by atoms with E-state index in [2.05, 4.69) is 0 Å². The smallest absolute Gasteiger partial charge is 0.257 e. The topological polar surface area (TPSA) is 40.5 Å². The molecular formula is C15H19NO2. The molecule has 3 nitrogen and oxygen atoms in total. The highest BCUT2D eigenvalue weighted by atomic mass is 16.3. The zero-order valence-electron chi connectivity index (χ0n) is 10.5. The average molecular weight is 245 g/mol. The van der Waals surface area contributed by atoms with Crippen LogP contribution >= 0.6 is 0 Å². The molecule has 1 saturated carbocycles. The Balaban J connectivity index is 1.86. The first-order valence-corrected chi connectivity index (χ1v) is 6.86. The molecule has 1 aliphatic carbocycles. The van der Waals surface area contributed by atoms with E-state index in [1.165, 1.54) is 19.3 Å². The third-order valence-corrected chi connectivity index (χ3v) is 4.39. The molecular weight excluding hydrogens is 226 g/mol. The van der Waals surface area contributed by atoms with Crippen molar-refractivity contribution in [2.75, 3.05) is 6.54 Å². The molecule has 1 aliphatic heterocycles. The van der Waals surface area contributed by atoms with Crippen molar-refractivity contribution in [3.8, 4) is 5.75 Å². The molecule has 1 amide bonds. The van der Waals surface area contributed by atoms with Crippen molar-refractivity contribution in [3.05, 3.63) is 29.8 Å². The fourth-order valence-electron chi connectivity index (χ4n) is 3.52. The standard InChI is InChI=1S/C15H19NO2/c17-14-9-2-1-7-12(14)15(18)16-10-4-6-11-5-3-8-13(11)16/h1-2,7,9,11,13,17H,3-6,8,10H2. The largest absolute Gasteiger partial charge is 0.507 e. The average Bonchev–Trinajstić information content (AvgIpc) is 2.86. The van der Waals surface area contributed by atoms with Gasteiger partial charge in [0.05, 0.1) is 5.56 Å². The number of hydrogen-bond acceptors (Lipinski definition) is 2. The Labute approximate surface area is 107 Å². The molecule has 0 bridgehead atoms. The van der Waals surface area contributed by atoms with Crippen molar-refractivity contribution < 1.29 is 9.90 Å². The predicted octanol–water partition coefficient (Wildman–Crippen LogP) is 2.80. The Morgan fingerprint density at radius 2 is 1.94 bits per heavy atom. The highest BCUT2D eigenvalue weighted by Crippen LogP contribution is 2.37. The maximum absolute atomic E-state index is 12.5. The van der Waals surface area contributed by atoms with Crippen LogP contribution in [-0.4, -0.2) is 28.5 Å². The lowest BCUT2D eigenvalue weighted by Crippen LogP contribution is -2.46. The van der Waals surface area contributed by atoms with Crippen LogP contribution in [0.15, 0.2) is 24.3 Å². The fourth-order valence-corrected chi connectivity index (χ4v) is 3.52. The fraction of sp³-hybridized carbons (Fsp3) is 0.533. The van der Waals surface area contributed by atoms with Gasteiger partial charge in [-0.3, -0.25) is 4.79 Å². The zero-order valence-corrected chi connectivity index (χ0v) is 10.5. The van der Waals surface area contributed by atoms with E-state index < -0.39 is 0 Å². The maximum Gasteiger partial charge on any atom is 0.257 e. The third kappa shape index (κ3) is 1.88. The van der Waals surface area contributed by atoms with Crippen molar-refractivity contribution in [3.63, 3.8) is 0 Å². The van der Waals surface area contributed by atoms with Gasteiger partial charge in [0.1, 0.15) is 5.75 Å². The van der Waals surface area contributed by atoms with E-state index in [1.807, 2.05) is 11.0 Å². The van der Waals surface area contributed by atoms with E-state index in [1.54, 1.807) is 18.2 Å². The van der Waals surface area contributed by atoms with E-state index in [0.717, 1.165) is 19.4 Å². The quantitative estimate of drug-likeness (QED) is 0.826. The molecule has 3 rings (SSSR count). The van der Waals surface area contributed by atoms with E-state index in [0.29, 0.717) is 17.5 Å². The normalized spacial score (nSPS) is 27.0. The summed E-state index contributed by atoms with van der Waals surface area (Å²) in [5, 5.41) is 9.80. The summed E-state index contributed by atoms with van der Waals surface area (Å²) in [6, 6.07) is 7.27. The van der Waals surface area contributed by atoms with Gasteiger partial charge in [0.2, 0.25) is 0 Å².